The van der Waals surface area contributed by atoms with E-state index in [1.54, 1.807) is 24.3 Å². The Morgan fingerprint density at radius 1 is 0.963 bits per heavy atom. The van der Waals surface area contributed by atoms with E-state index in [2.05, 4.69) is 4.72 Å². The molecule has 1 N–H and O–H groups in total. The van der Waals surface area contributed by atoms with Gasteiger partial charge in [-0.3, -0.25) is 4.72 Å². The van der Waals surface area contributed by atoms with Crippen molar-refractivity contribution in [3.05, 3.63) is 59.1 Å². The number of nitrogens with one attached hydrogen (secondary N) is 1. The number of ether oxygens (including phenoxy) is 1. The van der Waals surface area contributed by atoms with Gasteiger partial charge in [0.05, 0.1) is 23.9 Å². The molecule has 27 heavy (non-hydrogen) atoms. The van der Waals surface area contributed by atoms with Crippen LogP contribution in [0.3, 0.4) is 0 Å². The highest BCUT2D eigenvalue weighted by molar-refractivity contribution is 7.92. The largest absolute Gasteiger partial charge is 0.379 e. The maximum Gasteiger partial charge on any atom is 0.243 e. The van der Waals surface area contributed by atoms with Gasteiger partial charge in [-0.1, -0.05) is 29.8 Å². The second kappa shape index (κ2) is 8.15. The summed E-state index contributed by atoms with van der Waals surface area (Å²) >= 11 is 6.01. The first-order chi connectivity index (χ1) is 12.8. The number of hydrogen-bond donors (Lipinski definition) is 1. The molecule has 0 bridgehead atoms. The van der Waals surface area contributed by atoms with Crippen molar-refractivity contribution >= 4 is 37.3 Å². The lowest BCUT2D eigenvalue weighted by atomic mass is 10.2. The van der Waals surface area contributed by atoms with Crippen LogP contribution in [0.15, 0.2) is 53.4 Å². The number of rotatable bonds is 6. The molecule has 1 fully saturated rings. The SMILES string of the molecule is O=S(=O)(Cc1ccccc1Cl)Nc1ccc(S(=O)(=O)N2CCOCC2)cc1. The minimum Gasteiger partial charge on any atom is -0.379 e. The molecule has 1 aliphatic heterocycles. The Morgan fingerprint density at radius 2 is 1.59 bits per heavy atom. The van der Waals surface area contributed by atoms with Crippen molar-refractivity contribution in [2.24, 2.45) is 0 Å². The fourth-order valence-electron chi connectivity index (χ4n) is 2.67. The number of benzene rings is 2. The van der Waals surface area contributed by atoms with Crippen LogP contribution in [0.5, 0.6) is 0 Å². The van der Waals surface area contributed by atoms with Crippen LogP contribution in [0.25, 0.3) is 0 Å². The number of sulfonamides is 2. The van der Waals surface area contributed by atoms with Gasteiger partial charge in [0.2, 0.25) is 20.0 Å². The summed E-state index contributed by atoms with van der Waals surface area (Å²) in [6.45, 7) is 1.32. The van der Waals surface area contributed by atoms with Crippen molar-refractivity contribution in [1.29, 1.82) is 0 Å². The number of halogens is 1. The van der Waals surface area contributed by atoms with Crippen molar-refractivity contribution < 1.29 is 21.6 Å². The molecule has 1 aliphatic rings. The summed E-state index contributed by atoms with van der Waals surface area (Å²) in [6, 6.07) is 12.3. The molecule has 2 aromatic rings. The average Bonchev–Trinajstić information content (AvgIpc) is 2.64. The molecule has 0 spiro atoms. The Hall–Kier alpha value is -1.65. The molecule has 0 saturated carbocycles. The zero-order valence-corrected chi connectivity index (χ0v) is 16.7. The van der Waals surface area contributed by atoms with Gasteiger partial charge >= 0.3 is 0 Å². The molecule has 146 valence electrons. The predicted molar refractivity (Wildman–Crippen MR) is 104 cm³/mol. The Morgan fingerprint density at radius 3 is 2.22 bits per heavy atom. The molecule has 0 amide bonds. The topological polar surface area (TPSA) is 92.8 Å². The third-order valence-electron chi connectivity index (χ3n) is 4.04. The lowest BCUT2D eigenvalue weighted by Crippen LogP contribution is -2.40. The zero-order chi connectivity index (χ0) is 19.5. The van der Waals surface area contributed by atoms with Gasteiger partial charge in [-0.15, -0.1) is 0 Å². The fourth-order valence-corrected chi connectivity index (χ4v) is 5.59. The normalized spacial score (nSPS) is 16.2. The standard InChI is InChI=1S/C17H19ClN2O5S2/c18-17-4-2-1-3-14(17)13-26(21,22)19-15-5-7-16(8-6-15)27(23,24)20-9-11-25-12-10-20/h1-8,19H,9-13H2. The van der Waals surface area contributed by atoms with Gasteiger partial charge < -0.3 is 4.74 Å². The van der Waals surface area contributed by atoms with E-state index < -0.39 is 20.0 Å². The predicted octanol–water partition coefficient (Wildman–Crippen LogP) is 2.30. The highest BCUT2D eigenvalue weighted by Crippen LogP contribution is 2.22. The number of anilines is 1. The molecule has 0 atom stereocenters. The van der Waals surface area contributed by atoms with E-state index in [1.807, 2.05) is 0 Å². The Bertz CT molecular complexity index is 1000. The van der Waals surface area contributed by atoms with Gasteiger partial charge in [0, 0.05) is 23.8 Å². The average molecular weight is 431 g/mol. The van der Waals surface area contributed by atoms with E-state index in [9.17, 15) is 16.8 Å². The molecule has 0 aromatic heterocycles. The van der Waals surface area contributed by atoms with Gasteiger partial charge in [-0.2, -0.15) is 4.31 Å². The Balaban J connectivity index is 1.72. The first-order valence-electron chi connectivity index (χ1n) is 8.20. The number of nitrogens with zero attached hydrogens (tertiary/aromatic N) is 1. The molecule has 0 aliphatic carbocycles. The van der Waals surface area contributed by atoms with Crippen LogP contribution in [-0.2, 0) is 30.5 Å². The van der Waals surface area contributed by atoms with E-state index in [1.165, 1.54) is 28.6 Å². The summed E-state index contributed by atoms with van der Waals surface area (Å²) in [5.74, 6) is -0.277. The van der Waals surface area contributed by atoms with Crippen molar-refractivity contribution in [2.45, 2.75) is 10.6 Å². The molecular formula is C17H19ClN2O5S2. The Kier molecular flexibility index (Phi) is 6.07. The first kappa shape index (κ1) is 20.1. The highest BCUT2D eigenvalue weighted by atomic mass is 35.5. The van der Waals surface area contributed by atoms with Gasteiger partial charge in [0.25, 0.3) is 0 Å². The Labute approximate surface area is 164 Å². The summed E-state index contributed by atoms with van der Waals surface area (Å²) in [7, 11) is -7.31. The van der Waals surface area contributed by atoms with Crippen molar-refractivity contribution in [2.75, 3.05) is 31.0 Å². The zero-order valence-electron chi connectivity index (χ0n) is 14.3. The maximum absolute atomic E-state index is 12.6. The molecule has 3 rings (SSSR count). The van der Waals surface area contributed by atoms with Crippen LogP contribution < -0.4 is 4.72 Å². The molecule has 7 nitrogen and oxygen atoms in total. The van der Waals surface area contributed by atoms with Gasteiger partial charge in [-0.05, 0) is 35.9 Å². The molecule has 1 saturated heterocycles. The van der Waals surface area contributed by atoms with E-state index >= 15 is 0 Å². The number of hydrogen-bond acceptors (Lipinski definition) is 5. The van der Waals surface area contributed by atoms with Crippen LogP contribution in [0, 0.1) is 0 Å². The smallest absolute Gasteiger partial charge is 0.243 e. The molecule has 0 radical (unpaired) electrons. The van der Waals surface area contributed by atoms with Crippen LogP contribution in [-0.4, -0.2) is 47.4 Å². The minimum atomic E-state index is -3.69. The van der Waals surface area contributed by atoms with E-state index in [0.717, 1.165) is 0 Å². The van der Waals surface area contributed by atoms with E-state index in [4.69, 9.17) is 16.3 Å². The summed E-state index contributed by atoms with van der Waals surface area (Å²) in [6.07, 6.45) is 0. The summed E-state index contributed by atoms with van der Waals surface area (Å²) in [4.78, 5) is 0.110. The lowest BCUT2D eigenvalue weighted by molar-refractivity contribution is 0.0730. The fraction of sp³-hybridized carbons (Fsp3) is 0.294. The van der Waals surface area contributed by atoms with Crippen LogP contribution >= 0.6 is 11.6 Å². The molecule has 1 heterocycles. The monoisotopic (exact) mass is 430 g/mol. The summed E-state index contributed by atoms with van der Waals surface area (Å²) < 4.78 is 58.8. The molecule has 10 heteroatoms. The second-order valence-electron chi connectivity index (χ2n) is 5.99. The van der Waals surface area contributed by atoms with Gasteiger partial charge in [-0.25, -0.2) is 16.8 Å². The minimum absolute atomic E-state index is 0.110. The quantitative estimate of drug-likeness (QED) is 0.759. The summed E-state index contributed by atoms with van der Waals surface area (Å²) in [5, 5.41) is 0.370. The molecular weight excluding hydrogens is 412 g/mol. The third-order valence-corrected chi connectivity index (χ3v) is 7.56. The van der Waals surface area contributed by atoms with E-state index in [0.29, 0.717) is 36.9 Å². The van der Waals surface area contributed by atoms with Crippen molar-refractivity contribution in [1.82, 2.24) is 4.31 Å². The van der Waals surface area contributed by atoms with Crippen LogP contribution in [0.1, 0.15) is 5.56 Å². The summed E-state index contributed by atoms with van der Waals surface area (Å²) in [5.41, 5.74) is 0.765. The van der Waals surface area contributed by atoms with Crippen LogP contribution in [0.4, 0.5) is 5.69 Å². The lowest BCUT2D eigenvalue weighted by Gasteiger charge is -2.26. The van der Waals surface area contributed by atoms with Gasteiger partial charge in [0.1, 0.15) is 0 Å². The number of morpholine rings is 1. The first-order valence-corrected chi connectivity index (χ1v) is 11.7. The van der Waals surface area contributed by atoms with Crippen molar-refractivity contribution in [3.63, 3.8) is 0 Å². The van der Waals surface area contributed by atoms with Gasteiger partial charge in [0.15, 0.2) is 0 Å². The van der Waals surface area contributed by atoms with E-state index in [-0.39, 0.29) is 16.3 Å². The third kappa shape index (κ3) is 4.99. The van der Waals surface area contributed by atoms with Crippen LogP contribution in [0.2, 0.25) is 5.02 Å². The molecule has 2 aromatic carbocycles. The second-order valence-corrected chi connectivity index (χ2v) is 10.1. The molecule has 0 unspecified atom stereocenters. The maximum atomic E-state index is 12.6. The highest BCUT2D eigenvalue weighted by Gasteiger charge is 2.26. The van der Waals surface area contributed by atoms with Crippen molar-refractivity contribution in [3.8, 4) is 0 Å².